The Hall–Kier alpha value is -2.93. The second-order valence-corrected chi connectivity index (χ2v) is 6.18. The Morgan fingerprint density at radius 1 is 1.08 bits per heavy atom. The molecule has 0 saturated heterocycles. The molecule has 0 amide bonds. The largest absolute Gasteiger partial charge is 0.508 e. The summed E-state index contributed by atoms with van der Waals surface area (Å²) in [5.41, 5.74) is 9.52. The number of hydrogen-bond donors (Lipinski definition) is 5. The van der Waals surface area contributed by atoms with Gasteiger partial charge in [0.1, 0.15) is 12.0 Å². The topological polar surface area (TPSA) is 107 Å². The summed E-state index contributed by atoms with van der Waals surface area (Å²) in [6, 6.07) is 16.8. The zero-order valence-electron chi connectivity index (χ0n) is 14.1. The number of phenols is 1. The molecule has 0 spiro atoms. The minimum absolute atomic E-state index is 0.197. The molecule has 1 unspecified atom stereocenters. The van der Waals surface area contributed by atoms with Gasteiger partial charge in [-0.05, 0) is 36.4 Å². The summed E-state index contributed by atoms with van der Waals surface area (Å²) in [5.74, 6) is 0.197. The van der Waals surface area contributed by atoms with E-state index in [1.165, 1.54) is 0 Å². The molecule has 2 aromatic heterocycles. The van der Waals surface area contributed by atoms with Crippen molar-refractivity contribution in [2.45, 2.75) is 6.23 Å². The lowest BCUT2D eigenvalue weighted by atomic mass is 10.1. The van der Waals surface area contributed by atoms with E-state index in [4.69, 9.17) is 5.73 Å². The number of H-pyrrole nitrogens is 1. The molecule has 0 aliphatic rings. The predicted molar refractivity (Wildman–Crippen MR) is 103 cm³/mol. The van der Waals surface area contributed by atoms with Crippen LogP contribution >= 0.6 is 0 Å². The summed E-state index contributed by atoms with van der Waals surface area (Å²) in [6.07, 6.45) is -0.910. The molecule has 6 nitrogen and oxygen atoms in total. The lowest BCUT2D eigenvalue weighted by molar-refractivity contribution is 0.136. The first-order valence-electron chi connectivity index (χ1n) is 8.49. The van der Waals surface area contributed by atoms with Crippen LogP contribution < -0.4 is 11.1 Å². The molecule has 132 valence electrons. The van der Waals surface area contributed by atoms with Crippen molar-refractivity contribution >= 4 is 21.8 Å². The number of pyridine rings is 1. The number of nitrogens with zero attached hydrogens (tertiary/aromatic N) is 1. The maximum atomic E-state index is 10.5. The Labute approximate surface area is 150 Å². The van der Waals surface area contributed by atoms with Crippen LogP contribution in [-0.4, -0.2) is 33.3 Å². The molecule has 26 heavy (non-hydrogen) atoms. The molecule has 1 atom stereocenters. The maximum Gasteiger partial charge on any atom is 0.148 e. The van der Waals surface area contributed by atoms with Crippen LogP contribution in [0.3, 0.4) is 0 Å². The lowest BCUT2D eigenvalue weighted by Gasteiger charge is -2.14. The van der Waals surface area contributed by atoms with Gasteiger partial charge < -0.3 is 20.9 Å². The molecule has 4 rings (SSSR count). The van der Waals surface area contributed by atoms with Crippen molar-refractivity contribution < 1.29 is 10.2 Å². The number of hydrogen-bond acceptors (Lipinski definition) is 5. The molecular weight excluding hydrogens is 328 g/mol. The van der Waals surface area contributed by atoms with Crippen LogP contribution in [0.4, 0.5) is 0 Å². The Bertz CT molecular complexity index is 1060. The normalized spacial score (nSPS) is 12.7. The molecule has 4 aromatic rings. The quantitative estimate of drug-likeness (QED) is 0.356. The van der Waals surface area contributed by atoms with Crippen LogP contribution in [0, 0.1) is 0 Å². The van der Waals surface area contributed by atoms with Crippen LogP contribution in [0.15, 0.2) is 54.6 Å². The van der Waals surface area contributed by atoms with E-state index in [-0.39, 0.29) is 5.75 Å². The first-order chi connectivity index (χ1) is 12.7. The minimum atomic E-state index is -0.910. The zero-order chi connectivity index (χ0) is 18.1. The molecule has 2 aromatic carbocycles. The van der Waals surface area contributed by atoms with Crippen molar-refractivity contribution in [3.63, 3.8) is 0 Å². The van der Waals surface area contributed by atoms with E-state index in [2.05, 4.69) is 15.3 Å². The third-order valence-corrected chi connectivity index (χ3v) is 4.42. The number of benzene rings is 2. The number of nitrogens with one attached hydrogen (secondary N) is 2. The second kappa shape index (κ2) is 6.76. The first kappa shape index (κ1) is 16.5. The fourth-order valence-corrected chi connectivity index (χ4v) is 3.16. The monoisotopic (exact) mass is 348 g/mol. The van der Waals surface area contributed by atoms with Crippen LogP contribution in [0.25, 0.3) is 33.1 Å². The number of aliphatic hydroxyl groups excluding tert-OH is 1. The Balaban J connectivity index is 1.96. The summed E-state index contributed by atoms with van der Waals surface area (Å²) >= 11 is 0. The Kier molecular flexibility index (Phi) is 4.30. The van der Waals surface area contributed by atoms with Gasteiger partial charge in [-0.2, -0.15) is 0 Å². The number of rotatable bonds is 5. The third kappa shape index (κ3) is 2.90. The van der Waals surface area contributed by atoms with E-state index in [9.17, 15) is 10.2 Å². The highest BCUT2D eigenvalue weighted by molar-refractivity contribution is 6.11. The molecular formula is C20H20N4O2. The highest BCUT2D eigenvalue weighted by Gasteiger charge is 2.17. The molecule has 6 heteroatoms. The summed E-state index contributed by atoms with van der Waals surface area (Å²) in [7, 11) is 0. The molecule has 0 radical (unpaired) electrons. The molecule has 0 saturated carbocycles. The Morgan fingerprint density at radius 2 is 1.85 bits per heavy atom. The fraction of sp³-hybridized carbons (Fsp3) is 0.150. The van der Waals surface area contributed by atoms with Crippen molar-refractivity contribution in [1.82, 2.24) is 15.3 Å². The van der Waals surface area contributed by atoms with Gasteiger partial charge in [0.05, 0.1) is 16.9 Å². The maximum absolute atomic E-state index is 10.5. The van der Waals surface area contributed by atoms with E-state index in [1.54, 1.807) is 12.1 Å². The second-order valence-electron chi connectivity index (χ2n) is 6.18. The van der Waals surface area contributed by atoms with Crippen LogP contribution in [0.2, 0.25) is 0 Å². The first-order valence-corrected chi connectivity index (χ1v) is 8.49. The lowest BCUT2D eigenvalue weighted by Crippen LogP contribution is -2.27. The smallest absolute Gasteiger partial charge is 0.148 e. The molecule has 0 bridgehead atoms. The van der Waals surface area contributed by atoms with Gasteiger partial charge in [0.15, 0.2) is 0 Å². The average Bonchev–Trinajstić information content (AvgIpc) is 3.05. The van der Waals surface area contributed by atoms with E-state index in [0.717, 1.165) is 33.1 Å². The number of fused-ring (bicyclic) bond motifs is 3. The summed E-state index contributed by atoms with van der Waals surface area (Å²) in [5, 5.41) is 25.1. The zero-order valence-corrected chi connectivity index (χ0v) is 14.1. The summed E-state index contributed by atoms with van der Waals surface area (Å²) in [4.78, 5) is 8.10. The van der Waals surface area contributed by atoms with E-state index >= 15 is 0 Å². The minimum Gasteiger partial charge on any atom is -0.508 e. The van der Waals surface area contributed by atoms with Gasteiger partial charge in [0, 0.05) is 34.9 Å². The van der Waals surface area contributed by atoms with Gasteiger partial charge in [-0.25, -0.2) is 4.98 Å². The summed E-state index contributed by atoms with van der Waals surface area (Å²) in [6.45, 7) is 0.917. The van der Waals surface area contributed by atoms with Gasteiger partial charge in [0.2, 0.25) is 0 Å². The molecule has 6 N–H and O–H groups in total. The van der Waals surface area contributed by atoms with Crippen LogP contribution in [0.1, 0.15) is 11.9 Å². The third-order valence-electron chi connectivity index (χ3n) is 4.42. The van der Waals surface area contributed by atoms with Crippen molar-refractivity contribution in [3.8, 4) is 17.0 Å². The van der Waals surface area contributed by atoms with Gasteiger partial charge in [0.25, 0.3) is 0 Å². The van der Waals surface area contributed by atoms with Crippen molar-refractivity contribution in [2.24, 2.45) is 5.73 Å². The SMILES string of the molecule is NCCNC(O)c1cc2c([nH]c3ccccc32)c(-c2ccc(O)cc2)n1. The molecule has 0 aliphatic heterocycles. The number of aliphatic hydroxyl groups is 1. The van der Waals surface area contributed by atoms with Gasteiger partial charge in [-0.1, -0.05) is 18.2 Å². The molecule has 0 fully saturated rings. The molecule has 0 aliphatic carbocycles. The van der Waals surface area contributed by atoms with Crippen molar-refractivity contribution in [3.05, 3.63) is 60.3 Å². The number of aromatic nitrogens is 2. The van der Waals surface area contributed by atoms with Gasteiger partial charge >= 0.3 is 0 Å². The molecule has 2 heterocycles. The van der Waals surface area contributed by atoms with Crippen LogP contribution in [-0.2, 0) is 0 Å². The van der Waals surface area contributed by atoms with Crippen LogP contribution in [0.5, 0.6) is 5.75 Å². The van der Waals surface area contributed by atoms with Gasteiger partial charge in [-0.15, -0.1) is 0 Å². The number of nitrogens with two attached hydrogens (primary N) is 1. The number of aromatic hydroxyl groups is 1. The number of para-hydroxylation sites is 1. The van der Waals surface area contributed by atoms with Gasteiger partial charge in [-0.3, -0.25) is 5.32 Å². The highest BCUT2D eigenvalue weighted by Crippen LogP contribution is 2.34. The number of aromatic amines is 1. The standard InChI is InChI=1S/C20H20N4O2/c21-9-10-22-20(26)17-11-15-14-3-1-2-4-16(14)23-19(15)18(24-17)12-5-7-13(25)8-6-12/h1-8,11,20,22-23,25-26H,9-10,21H2. The van der Waals surface area contributed by atoms with Crippen molar-refractivity contribution in [1.29, 1.82) is 0 Å². The van der Waals surface area contributed by atoms with E-state index in [0.29, 0.717) is 18.8 Å². The van der Waals surface area contributed by atoms with E-state index < -0.39 is 6.23 Å². The fourth-order valence-electron chi connectivity index (χ4n) is 3.16. The van der Waals surface area contributed by atoms with E-state index in [1.807, 2.05) is 42.5 Å². The highest BCUT2D eigenvalue weighted by atomic mass is 16.3. The predicted octanol–water partition coefficient (Wildman–Crippen LogP) is 2.63. The Morgan fingerprint density at radius 3 is 2.62 bits per heavy atom. The summed E-state index contributed by atoms with van der Waals surface area (Å²) < 4.78 is 0. The number of phenolic OH excluding ortho intramolecular Hbond substituents is 1. The van der Waals surface area contributed by atoms with Crippen molar-refractivity contribution in [2.75, 3.05) is 13.1 Å². The average molecular weight is 348 g/mol.